The summed E-state index contributed by atoms with van der Waals surface area (Å²) >= 11 is 0. The zero-order valence-electron chi connectivity index (χ0n) is 5.22. The van der Waals surface area contributed by atoms with Gasteiger partial charge in [0.25, 0.3) is 0 Å². The molecule has 1 aliphatic rings. The Hall–Kier alpha value is -0.780. The van der Waals surface area contributed by atoms with Crippen molar-refractivity contribution in [2.24, 2.45) is 0 Å². The van der Waals surface area contributed by atoms with Crippen molar-refractivity contribution in [3.8, 4) is 0 Å². The molecule has 0 aliphatic heterocycles. The second-order valence-electron chi connectivity index (χ2n) is 2.35. The number of benzene rings is 1. The summed E-state index contributed by atoms with van der Waals surface area (Å²) in [6, 6.07) is 9.40. The number of rotatable bonds is 0. The number of hydrogen-bond acceptors (Lipinski definition) is 0. The van der Waals surface area contributed by atoms with E-state index in [1.54, 1.807) is 0 Å². The number of hydrogen-bond donors (Lipinski definition) is 0. The van der Waals surface area contributed by atoms with Gasteiger partial charge in [0.2, 0.25) is 0 Å². The molecule has 2 rings (SSSR count). The van der Waals surface area contributed by atoms with Crippen molar-refractivity contribution in [3.05, 3.63) is 41.8 Å². The van der Waals surface area contributed by atoms with Gasteiger partial charge in [0, 0.05) is 0 Å². The molecule has 0 aromatic heterocycles. The average molecular weight is 116 g/mol. The Morgan fingerprint density at radius 2 is 2.44 bits per heavy atom. The number of aryl methyl sites for hydroxylation is 1. The van der Waals surface area contributed by atoms with Crippen molar-refractivity contribution in [1.29, 1.82) is 0 Å². The quantitative estimate of drug-likeness (QED) is 0.486. The second kappa shape index (κ2) is 1.87. The van der Waals surface area contributed by atoms with E-state index in [4.69, 9.17) is 0 Å². The Bertz CT molecular complexity index is 190. The summed E-state index contributed by atoms with van der Waals surface area (Å²) in [5.41, 5.74) is 2.77. The third-order valence-electron chi connectivity index (χ3n) is 1.74. The Labute approximate surface area is 55.5 Å². The highest BCUT2D eigenvalue weighted by atomic mass is 14.1. The molecule has 0 saturated carbocycles. The summed E-state index contributed by atoms with van der Waals surface area (Å²) in [5.74, 6) is 0. The van der Waals surface area contributed by atoms with Crippen LogP contribution in [0.4, 0.5) is 0 Å². The van der Waals surface area contributed by atoms with Crippen LogP contribution in [0.2, 0.25) is 0 Å². The van der Waals surface area contributed by atoms with Crippen LogP contribution in [0.1, 0.15) is 17.5 Å². The van der Waals surface area contributed by atoms with E-state index in [2.05, 4.69) is 24.6 Å². The molecule has 2 radical (unpaired) electrons. The van der Waals surface area contributed by atoms with Crippen LogP contribution in [0, 0.1) is 12.5 Å². The first-order chi connectivity index (χ1) is 4.47. The van der Waals surface area contributed by atoms with Crippen molar-refractivity contribution >= 4 is 0 Å². The van der Waals surface area contributed by atoms with Crippen LogP contribution in [0.3, 0.4) is 0 Å². The summed E-state index contributed by atoms with van der Waals surface area (Å²) in [6.07, 6.45) is 4.66. The lowest BCUT2D eigenvalue weighted by molar-refractivity contribution is 1.03. The fourth-order valence-electron chi connectivity index (χ4n) is 1.26. The van der Waals surface area contributed by atoms with Crippen molar-refractivity contribution in [3.63, 3.8) is 0 Å². The molecule has 0 spiro atoms. The molecular weight excluding hydrogens is 108 g/mol. The Balaban J connectivity index is 2.54. The predicted octanol–water partition coefficient (Wildman–Crippen LogP) is 1.99. The van der Waals surface area contributed by atoms with Gasteiger partial charge < -0.3 is 0 Å². The zero-order chi connectivity index (χ0) is 6.10. The van der Waals surface area contributed by atoms with Gasteiger partial charge in [-0.3, -0.25) is 0 Å². The molecule has 0 saturated heterocycles. The van der Waals surface area contributed by atoms with Gasteiger partial charge >= 0.3 is 0 Å². The van der Waals surface area contributed by atoms with Gasteiger partial charge in [0.05, 0.1) is 0 Å². The summed E-state index contributed by atoms with van der Waals surface area (Å²) in [6.45, 7) is 0. The van der Waals surface area contributed by atoms with E-state index in [1.807, 2.05) is 6.07 Å². The van der Waals surface area contributed by atoms with Crippen LogP contribution in [0.25, 0.3) is 0 Å². The third-order valence-corrected chi connectivity index (χ3v) is 1.74. The molecule has 0 bridgehead atoms. The number of fused-ring (bicyclic) bond motifs is 1. The van der Waals surface area contributed by atoms with Gasteiger partial charge in [-0.1, -0.05) is 18.2 Å². The molecule has 0 N–H and O–H groups in total. The lowest BCUT2D eigenvalue weighted by atomic mass is 10.1. The maximum atomic E-state index is 3.19. The first kappa shape index (κ1) is 5.04. The minimum atomic E-state index is 1.20. The smallest absolute Gasteiger partial charge is 0.00806 e. The van der Waals surface area contributed by atoms with Crippen LogP contribution in [-0.2, 0) is 6.42 Å². The molecule has 0 fully saturated rings. The second-order valence-corrected chi connectivity index (χ2v) is 2.35. The average Bonchev–Trinajstić information content (AvgIpc) is 2.33. The Morgan fingerprint density at radius 1 is 1.44 bits per heavy atom. The van der Waals surface area contributed by atoms with Gasteiger partial charge in [-0.05, 0) is 36.5 Å². The monoisotopic (exact) mass is 116 g/mol. The van der Waals surface area contributed by atoms with E-state index in [0.29, 0.717) is 0 Å². The lowest BCUT2D eigenvalue weighted by Gasteiger charge is -1.92. The zero-order valence-corrected chi connectivity index (χ0v) is 5.22. The summed E-state index contributed by atoms with van der Waals surface area (Å²) in [7, 11) is 0. The van der Waals surface area contributed by atoms with Gasteiger partial charge in [0.1, 0.15) is 0 Å². The molecule has 0 heteroatoms. The highest BCUT2D eigenvalue weighted by Gasteiger charge is 2.08. The normalized spacial score (nSPS) is 15.6. The van der Waals surface area contributed by atoms with E-state index in [1.165, 1.54) is 24.0 Å². The molecular formula is C9H8. The van der Waals surface area contributed by atoms with Crippen LogP contribution in [-0.4, -0.2) is 0 Å². The summed E-state index contributed by atoms with van der Waals surface area (Å²) in [4.78, 5) is 0. The van der Waals surface area contributed by atoms with E-state index in [9.17, 15) is 0 Å². The Morgan fingerprint density at radius 3 is 3.33 bits per heavy atom. The third kappa shape index (κ3) is 0.748. The van der Waals surface area contributed by atoms with Gasteiger partial charge in [0.15, 0.2) is 0 Å². The van der Waals surface area contributed by atoms with Crippen LogP contribution < -0.4 is 0 Å². The van der Waals surface area contributed by atoms with E-state index in [0.717, 1.165) is 0 Å². The molecule has 0 atom stereocenters. The standard InChI is InChI=1S/C9H8/c1-2-5-9-7-3-6-8(9)4-1/h1-2,4,7H,3,6H2. The topological polar surface area (TPSA) is 0 Å². The molecule has 1 aromatic carbocycles. The molecule has 0 unspecified atom stereocenters. The van der Waals surface area contributed by atoms with Crippen LogP contribution in [0.15, 0.2) is 18.2 Å². The molecule has 1 aliphatic carbocycles. The lowest BCUT2D eigenvalue weighted by Crippen LogP contribution is -1.76. The first-order valence-corrected chi connectivity index (χ1v) is 3.29. The van der Waals surface area contributed by atoms with E-state index >= 15 is 0 Å². The van der Waals surface area contributed by atoms with Crippen LogP contribution in [0.5, 0.6) is 0 Å². The van der Waals surface area contributed by atoms with Gasteiger partial charge in [-0.25, -0.2) is 0 Å². The van der Waals surface area contributed by atoms with Gasteiger partial charge in [-0.15, -0.1) is 0 Å². The minimum Gasteiger partial charge on any atom is -0.0614 e. The summed E-state index contributed by atoms with van der Waals surface area (Å²) < 4.78 is 0. The predicted molar refractivity (Wildman–Crippen MR) is 37.0 cm³/mol. The van der Waals surface area contributed by atoms with Crippen molar-refractivity contribution in [1.82, 2.24) is 0 Å². The molecule has 0 heterocycles. The largest absolute Gasteiger partial charge is 0.0614 e. The molecule has 9 heavy (non-hydrogen) atoms. The maximum Gasteiger partial charge on any atom is -0.00806 e. The van der Waals surface area contributed by atoms with E-state index in [-0.39, 0.29) is 0 Å². The fourth-order valence-corrected chi connectivity index (χ4v) is 1.26. The van der Waals surface area contributed by atoms with E-state index < -0.39 is 0 Å². The molecule has 1 aromatic rings. The maximum absolute atomic E-state index is 3.19. The van der Waals surface area contributed by atoms with Crippen molar-refractivity contribution in [2.75, 3.05) is 0 Å². The molecule has 0 amide bonds. The van der Waals surface area contributed by atoms with Crippen molar-refractivity contribution < 1.29 is 0 Å². The highest BCUT2D eigenvalue weighted by Crippen LogP contribution is 2.21. The van der Waals surface area contributed by atoms with Crippen LogP contribution >= 0.6 is 0 Å². The first-order valence-electron chi connectivity index (χ1n) is 3.29. The van der Waals surface area contributed by atoms with Crippen molar-refractivity contribution in [2.45, 2.75) is 12.8 Å². The minimum absolute atomic E-state index is 1.20. The Kier molecular flexibility index (Phi) is 1.05. The highest BCUT2D eigenvalue weighted by molar-refractivity contribution is 5.36. The summed E-state index contributed by atoms with van der Waals surface area (Å²) in [5, 5.41) is 0. The molecule has 0 nitrogen and oxygen atoms in total. The molecule has 44 valence electrons. The fraction of sp³-hybridized carbons (Fsp3) is 0.222. The SMILES string of the molecule is [c]1cccc2c1[CH]CC2. The van der Waals surface area contributed by atoms with Gasteiger partial charge in [-0.2, -0.15) is 0 Å².